The molecular weight excluding hydrogens is 225 g/mol. The second-order valence-electron chi connectivity index (χ2n) is 5.18. The lowest BCUT2D eigenvalue weighted by molar-refractivity contribution is 0.620. The van der Waals surface area contributed by atoms with Crippen LogP contribution >= 0.6 is 0 Å². The summed E-state index contributed by atoms with van der Waals surface area (Å²) in [5.41, 5.74) is 1.11. The standard InChI is InChI=1S/C16H18FN/c17-15-9-13-3-1-2-4-16(13)14(10-15)7-8-18-11-12-5-6-12/h1-4,9-10,12,18H,5-8,11H2. The molecule has 1 fully saturated rings. The maximum absolute atomic E-state index is 13.5. The molecule has 3 rings (SSSR count). The number of nitrogens with one attached hydrogen (secondary N) is 1. The van der Waals surface area contributed by atoms with Crippen molar-refractivity contribution in [1.82, 2.24) is 5.32 Å². The van der Waals surface area contributed by atoms with Crippen molar-refractivity contribution in [1.29, 1.82) is 0 Å². The molecule has 18 heavy (non-hydrogen) atoms. The third-order valence-corrected chi connectivity index (χ3v) is 3.61. The molecule has 2 aromatic carbocycles. The van der Waals surface area contributed by atoms with E-state index in [1.165, 1.54) is 18.2 Å². The molecule has 0 spiro atoms. The van der Waals surface area contributed by atoms with Gasteiger partial charge in [0.15, 0.2) is 0 Å². The molecule has 1 aliphatic carbocycles. The van der Waals surface area contributed by atoms with Gasteiger partial charge in [0.1, 0.15) is 5.82 Å². The molecule has 0 atom stereocenters. The van der Waals surface area contributed by atoms with Crippen molar-refractivity contribution in [3.8, 4) is 0 Å². The average Bonchev–Trinajstić information content (AvgIpc) is 3.18. The van der Waals surface area contributed by atoms with Crippen LogP contribution < -0.4 is 5.32 Å². The number of hydrogen-bond donors (Lipinski definition) is 1. The Bertz CT molecular complexity index is 546. The van der Waals surface area contributed by atoms with Gasteiger partial charge in [-0.25, -0.2) is 4.39 Å². The Labute approximate surface area is 107 Å². The molecule has 0 amide bonds. The second kappa shape index (κ2) is 5.07. The summed E-state index contributed by atoms with van der Waals surface area (Å²) in [6, 6.07) is 11.3. The van der Waals surface area contributed by atoms with E-state index in [2.05, 4.69) is 11.4 Å². The first-order valence-electron chi connectivity index (χ1n) is 6.71. The molecule has 1 N–H and O–H groups in total. The Hall–Kier alpha value is -1.41. The summed E-state index contributed by atoms with van der Waals surface area (Å²) in [5, 5.41) is 5.63. The lowest BCUT2D eigenvalue weighted by Crippen LogP contribution is -2.19. The molecule has 0 heterocycles. The summed E-state index contributed by atoms with van der Waals surface area (Å²) >= 11 is 0. The lowest BCUT2D eigenvalue weighted by Gasteiger charge is -2.08. The Balaban J connectivity index is 1.72. The van der Waals surface area contributed by atoms with Crippen molar-refractivity contribution in [2.45, 2.75) is 19.3 Å². The highest BCUT2D eigenvalue weighted by Crippen LogP contribution is 2.27. The zero-order valence-electron chi connectivity index (χ0n) is 10.5. The highest BCUT2D eigenvalue weighted by molar-refractivity contribution is 5.85. The van der Waals surface area contributed by atoms with Gasteiger partial charge in [0, 0.05) is 0 Å². The molecule has 0 bridgehead atoms. The Morgan fingerprint density at radius 2 is 2.00 bits per heavy atom. The fourth-order valence-electron chi connectivity index (χ4n) is 2.41. The zero-order valence-corrected chi connectivity index (χ0v) is 10.5. The fraction of sp³-hybridized carbons (Fsp3) is 0.375. The van der Waals surface area contributed by atoms with Crippen LogP contribution in [0.2, 0.25) is 0 Å². The van der Waals surface area contributed by atoms with E-state index in [9.17, 15) is 4.39 Å². The minimum Gasteiger partial charge on any atom is -0.316 e. The van der Waals surface area contributed by atoms with Gasteiger partial charge in [-0.3, -0.25) is 0 Å². The van der Waals surface area contributed by atoms with E-state index in [4.69, 9.17) is 0 Å². The first-order chi connectivity index (χ1) is 8.83. The molecule has 0 aliphatic heterocycles. The molecule has 0 saturated heterocycles. The Morgan fingerprint density at radius 1 is 1.17 bits per heavy atom. The van der Waals surface area contributed by atoms with E-state index < -0.39 is 0 Å². The van der Waals surface area contributed by atoms with Crippen LogP contribution in [0, 0.1) is 11.7 Å². The topological polar surface area (TPSA) is 12.0 Å². The number of rotatable bonds is 5. The van der Waals surface area contributed by atoms with Crippen molar-refractivity contribution in [2.24, 2.45) is 5.92 Å². The van der Waals surface area contributed by atoms with Crippen LogP contribution in [0.5, 0.6) is 0 Å². The normalized spacial score (nSPS) is 15.2. The van der Waals surface area contributed by atoms with Crippen molar-refractivity contribution < 1.29 is 4.39 Å². The minimum atomic E-state index is -0.133. The summed E-state index contributed by atoms with van der Waals surface area (Å²) in [5.74, 6) is 0.764. The summed E-state index contributed by atoms with van der Waals surface area (Å²) in [4.78, 5) is 0. The van der Waals surface area contributed by atoms with Gasteiger partial charge in [-0.2, -0.15) is 0 Å². The van der Waals surface area contributed by atoms with Gasteiger partial charge in [-0.1, -0.05) is 24.3 Å². The Kier molecular flexibility index (Phi) is 3.28. The van der Waals surface area contributed by atoms with Crippen molar-refractivity contribution >= 4 is 10.8 Å². The maximum Gasteiger partial charge on any atom is 0.124 e. The number of fused-ring (bicyclic) bond motifs is 1. The quantitative estimate of drug-likeness (QED) is 0.792. The van der Waals surface area contributed by atoms with E-state index in [-0.39, 0.29) is 5.82 Å². The monoisotopic (exact) mass is 243 g/mol. The van der Waals surface area contributed by atoms with Crippen molar-refractivity contribution in [3.05, 3.63) is 47.8 Å². The molecular formula is C16H18FN. The van der Waals surface area contributed by atoms with Crippen LogP contribution in [-0.2, 0) is 6.42 Å². The van der Waals surface area contributed by atoms with Crippen LogP contribution in [0.1, 0.15) is 18.4 Å². The fourth-order valence-corrected chi connectivity index (χ4v) is 2.41. The lowest BCUT2D eigenvalue weighted by atomic mass is 10.0. The van der Waals surface area contributed by atoms with Crippen LogP contribution in [0.25, 0.3) is 10.8 Å². The van der Waals surface area contributed by atoms with Crippen LogP contribution in [0.4, 0.5) is 4.39 Å². The third-order valence-electron chi connectivity index (χ3n) is 3.61. The largest absolute Gasteiger partial charge is 0.316 e. The van der Waals surface area contributed by atoms with E-state index in [0.717, 1.165) is 36.4 Å². The number of halogens is 1. The van der Waals surface area contributed by atoms with Gasteiger partial charge in [0.25, 0.3) is 0 Å². The van der Waals surface area contributed by atoms with Crippen molar-refractivity contribution in [2.75, 3.05) is 13.1 Å². The van der Waals surface area contributed by atoms with Crippen LogP contribution in [0.3, 0.4) is 0 Å². The molecule has 2 heteroatoms. The first kappa shape index (κ1) is 11.7. The average molecular weight is 243 g/mol. The van der Waals surface area contributed by atoms with E-state index >= 15 is 0 Å². The SMILES string of the molecule is Fc1cc(CCNCC2CC2)c2ccccc2c1. The highest BCUT2D eigenvalue weighted by atomic mass is 19.1. The van der Waals surface area contributed by atoms with Gasteiger partial charge in [-0.05, 0) is 66.7 Å². The zero-order chi connectivity index (χ0) is 12.4. The molecule has 1 nitrogen and oxygen atoms in total. The van der Waals surface area contributed by atoms with Gasteiger partial charge < -0.3 is 5.32 Å². The van der Waals surface area contributed by atoms with E-state index in [1.54, 1.807) is 12.1 Å². The molecule has 0 radical (unpaired) electrons. The molecule has 2 aromatic rings. The van der Waals surface area contributed by atoms with Gasteiger partial charge in [0.2, 0.25) is 0 Å². The number of benzene rings is 2. The predicted octanol–water partition coefficient (Wildman–Crippen LogP) is 3.52. The van der Waals surface area contributed by atoms with Crippen LogP contribution in [0.15, 0.2) is 36.4 Å². The van der Waals surface area contributed by atoms with E-state index in [0.29, 0.717) is 0 Å². The molecule has 0 unspecified atom stereocenters. The summed E-state index contributed by atoms with van der Waals surface area (Å²) in [7, 11) is 0. The van der Waals surface area contributed by atoms with Gasteiger partial charge >= 0.3 is 0 Å². The predicted molar refractivity (Wildman–Crippen MR) is 73.2 cm³/mol. The molecule has 0 aromatic heterocycles. The molecule has 1 saturated carbocycles. The molecule has 1 aliphatic rings. The summed E-state index contributed by atoms with van der Waals surface area (Å²) < 4.78 is 13.5. The summed E-state index contributed by atoms with van der Waals surface area (Å²) in [6.45, 7) is 2.05. The van der Waals surface area contributed by atoms with Crippen LogP contribution in [-0.4, -0.2) is 13.1 Å². The molecule has 94 valence electrons. The summed E-state index contributed by atoms with van der Waals surface area (Å²) in [6.07, 6.45) is 3.64. The van der Waals surface area contributed by atoms with Gasteiger partial charge in [-0.15, -0.1) is 0 Å². The third kappa shape index (κ3) is 2.70. The number of hydrogen-bond acceptors (Lipinski definition) is 1. The van der Waals surface area contributed by atoms with Crippen molar-refractivity contribution in [3.63, 3.8) is 0 Å². The Morgan fingerprint density at radius 3 is 2.83 bits per heavy atom. The van der Waals surface area contributed by atoms with E-state index in [1.807, 2.05) is 18.2 Å². The smallest absolute Gasteiger partial charge is 0.124 e. The van der Waals surface area contributed by atoms with Gasteiger partial charge in [0.05, 0.1) is 0 Å². The highest BCUT2D eigenvalue weighted by Gasteiger charge is 2.19. The first-order valence-corrected chi connectivity index (χ1v) is 6.71. The maximum atomic E-state index is 13.5. The second-order valence-corrected chi connectivity index (χ2v) is 5.18. The minimum absolute atomic E-state index is 0.133.